The number of aliphatic carboxylic acids is 1. The monoisotopic (exact) mass is 308 g/mol. The molecule has 1 aromatic rings. The van der Waals surface area contributed by atoms with E-state index in [1.54, 1.807) is 19.1 Å². The number of halogens is 1. The van der Waals surface area contributed by atoms with E-state index in [0.717, 1.165) is 0 Å². The van der Waals surface area contributed by atoms with E-state index < -0.39 is 18.0 Å². The van der Waals surface area contributed by atoms with Crippen molar-refractivity contribution in [2.45, 2.75) is 25.5 Å². The molecule has 0 aliphatic carbocycles. The molecular weight excluding hydrogens is 296 g/mol. The van der Waals surface area contributed by atoms with E-state index in [0.29, 0.717) is 22.7 Å². The molecule has 3 heterocycles. The normalized spacial score (nSPS) is 25.7. The number of hydrogen-bond donors (Lipinski definition) is 2. The fourth-order valence-corrected chi connectivity index (χ4v) is 3.19. The molecule has 1 amide bonds. The van der Waals surface area contributed by atoms with Crippen LogP contribution in [0, 0.1) is 5.92 Å². The lowest BCUT2D eigenvalue weighted by Crippen LogP contribution is -2.61. The number of carbonyl (C=O) groups excluding carboxylic acids is 1. The third-order valence-electron chi connectivity index (χ3n) is 4.01. The minimum Gasteiger partial charge on any atom is -0.477 e. The molecule has 3 rings (SSSR count). The zero-order valence-electron chi connectivity index (χ0n) is 11.2. The van der Waals surface area contributed by atoms with Crippen molar-refractivity contribution in [2.75, 3.05) is 0 Å². The second-order valence-electron chi connectivity index (χ2n) is 5.25. The van der Waals surface area contributed by atoms with Gasteiger partial charge in [0, 0.05) is 6.20 Å². The van der Waals surface area contributed by atoms with Gasteiger partial charge in [0.2, 0.25) is 5.91 Å². The van der Waals surface area contributed by atoms with E-state index in [2.05, 4.69) is 4.98 Å². The Balaban J connectivity index is 2.02. The Labute approximate surface area is 125 Å². The number of pyridine rings is 1. The van der Waals surface area contributed by atoms with E-state index in [9.17, 15) is 19.8 Å². The van der Waals surface area contributed by atoms with Gasteiger partial charge in [0.1, 0.15) is 10.9 Å². The van der Waals surface area contributed by atoms with Gasteiger partial charge in [-0.2, -0.15) is 0 Å². The number of carboxylic acid groups (broad SMARTS) is 1. The summed E-state index contributed by atoms with van der Waals surface area (Å²) >= 11 is 5.73. The van der Waals surface area contributed by atoms with E-state index in [1.165, 1.54) is 11.1 Å². The number of aliphatic hydroxyl groups is 1. The van der Waals surface area contributed by atoms with E-state index in [1.807, 2.05) is 0 Å². The summed E-state index contributed by atoms with van der Waals surface area (Å²) in [5, 5.41) is 19.4. The minimum absolute atomic E-state index is 0.0222. The Kier molecular flexibility index (Phi) is 3.22. The van der Waals surface area contributed by atoms with Gasteiger partial charge >= 0.3 is 5.97 Å². The van der Waals surface area contributed by atoms with Crippen LogP contribution in [0.3, 0.4) is 0 Å². The Morgan fingerprint density at radius 1 is 1.52 bits per heavy atom. The van der Waals surface area contributed by atoms with Crippen molar-refractivity contribution in [2.24, 2.45) is 5.92 Å². The predicted octanol–water partition coefficient (Wildman–Crippen LogP) is 1.14. The summed E-state index contributed by atoms with van der Waals surface area (Å²) in [6.07, 6.45) is 1.09. The van der Waals surface area contributed by atoms with Crippen LogP contribution in [0.25, 0.3) is 5.57 Å². The maximum absolute atomic E-state index is 12.1. The minimum atomic E-state index is -1.15. The Hall–Kier alpha value is -1.92. The summed E-state index contributed by atoms with van der Waals surface area (Å²) in [4.78, 5) is 28.8. The molecule has 0 aromatic carbocycles. The Morgan fingerprint density at radius 2 is 2.24 bits per heavy atom. The molecule has 2 aliphatic rings. The second-order valence-corrected chi connectivity index (χ2v) is 5.64. The number of nitrogens with zero attached hydrogens (tertiary/aromatic N) is 2. The second kappa shape index (κ2) is 4.82. The van der Waals surface area contributed by atoms with Crippen molar-refractivity contribution in [3.63, 3.8) is 0 Å². The zero-order chi connectivity index (χ0) is 15.3. The summed E-state index contributed by atoms with van der Waals surface area (Å²) in [5.41, 5.74) is 1.16. The zero-order valence-corrected chi connectivity index (χ0v) is 11.9. The number of carboxylic acids is 1. The molecule has 1 fully saturated rings. The van der Waals surface area contributed by atoms with Gasteiger partial charge in [-0.3, -0.25) is 4.79 Å². The van der Waals surface area contributed by atoms with Gasteiger partial charge in [0.25, 0.3) is 0 Å². The van der Waals surface area contributed by atoms with Crippen molar-refractivity contribution in [3.8, 4) is 0 Å². The van der Waals surface area contributed by atoms with Gasteiger partial charge in [-0.25, -0.2) is 9.78 Å². The van der Waals surface area contributed by atoms with Crippen LogP contribution in [0.15, 0.2) is 24.0 Å². The van der Waals surface area contributed by atoms with Crippen LogP contribution < -0.4 is 0 Å². The first-order valence-electron chi connectivity index (χ1n) is 6.51. The molecule has 1 saturated heterocycles. The molecule has 0 spiro atoms. The van der Waals surface area contributed by atoms with Crippen LogP contribution in [-0.4, -0.2) is 44.1 Å². The first-order valence-corrected chi connectivity index (χ1v) is 6.89. The number of β-lactam (4-membered cyclic amide) rings is 1. The van der Waals surface area contributed by atoms with Crippen molar-refractivity contribution >= 4 is 29.1 Å². The number of hydrogen-bond acceptors (Lipinski definition) is 4. The molecule has 0 bridgehead atoms. The van der Waals surface area contributed by atoms with Gasteiger partial charge in [0.15, 0.2) is 0 Å². The molecule has 0 saturated carbocycles. The quantitative estimate of drug-likeness (QED) is 0.645. The van der Waals surface area contributed by atoms with Crippen molar-refractivity contribution in [1.82, 2.24) is 9.88 Å². The largest absolute Gasteiger partial charge is 0.477 e. The van der Waals surface area contributed by atoms with Crippen LogP contribution in [0.5, 0.6) is 0 Å². The van der Waals surface area contributed by atoms with Gasteiger partial charge in [-0.05, 0) is 30.5 Å². The van der Waals surface area contributed by atoms with Crippen molar-refractivity contribution in [3.05, 3.63) is 34.7 Å². The fraction of sp³-hybridized carbons (Fsp3) is 0.357. The molecule has 3 atom stereocenters. The molecule has 0 unspecified atom stereocenters. The van der Waals surface area contributed by atoms with Crippen molar-refractivity contribution in [1.29, 1.82) is 0 Å². The molecule has 2 N–H and O–H groups in total. The predicted molar refractivity (Wildman–Crippen MR) is 74.2 cm³/mol. The van der Waals surface area contributed by atoms with Crippen LogP contribution in [-0.2, 0) is 9.59 Å². The fourth-order valence-electron chi connectivity index (χ4n) is 3.08. The average Bonchev–Trinajstić information content (AvgIpc) is 2.74. The molecular formula is C14H13ClN2O4. The van der Waals surface area contributed by atoms with Crippen LogP contribution in [0.4, 0.5) is 0 Å². The molecule has 0 radical (unpaired) electrons. The van der Waals surface area contributed by atoms with E-state index in [-0.39, 0.29) is 17.6 Å². The van der Waals surface area contributed by atoms with Crippen LogP contribution in [0.1, 0.15) is 18.9 Å². The van der Waals surface area contributed by atoms with Gasteiger partial charge < -0.3 is 15.1 Å². The summed E-state index contributed by atoms with van der Waals surface area (Å²) in [6, 6.07) is 2.96. The van der Waals surface area contributed by atoms with Crippen LogP contribution in [0.2, 0.25) is 5.15 Å². The highest BCUT2D eigenvalue weighted by atomic mass is 35.5. The van der Waals surface area contributed by atoms with Crippen molar-refractivity contribution < 1.29 is 19.8 Å². The first kappa shape index (κ1) is 14.0. The third kappa shape index (κ3) is 2.02. The lowest BCUT2D eigenvalue weighted by atomic mass is 9.82. The van der Waals surface area contributed by atoms with E-state index >= 15 is 0 Å². The maximum Gasteiger partial charge on any atom is 0.352 e. The van der Waals surface area contributed by atoms with Gasteiger partial charge in [-0.15, -0.1) is 0 Å². The molecule has 7 heteroatoms. The molecule has 6 nitrogen and oxygen atoms in total. The first-order chi connectivity index (χ1) is 9.91. The topological polar surface area (TPSA) is 90.7 Å². The number of amides is 1. The summed E-state index contributed by atoms with van der Waals surface area (Å²) in [5.74, 6) is -2.04. The molecule has 110 valence electrons. The highest BCUT2D eigenvalue weighted by Gasteiger charge is 2.56. The van der Waals surface area contributed by atoms with Gasteiger partial charge in [0.05, 0.1) is 18.1 Å². The molecule has 1 aromatic heterocycles. The highest BCUT2D eigenvalue weighted by Crippen LogP contribution is 2.46. The van der Waals surface area contributed by atoms with E-state index in [4.69, 9.17) is 11.6 Å². The lowest BCUT2D eigenvalue weighted by molar-refractivity contribution is -0.161. The van der Waals surface area contributed by atoms with Crippen LogP contribution >= 0.6 is 11.6 Å². The summed E-state index contributed by atoms with van der Waals surface area (Å²) < 4.78 is 0. The summed E-state index contributed by atoms with van der Waals surface area (Å²) in [7, 11) is 0. The van der Waals surface area contributed by atoms with Gasteiger partial charge in [-0.1, -0.05) is 17.7 Å². The number of fused-ring (bicyclic) bond motifs is 1. The highest BCUT2D eigenvalue weighted by molar-refractivity contribution is 6.29. The number of rotatable bonds is 3. The SMILES string of the molecule is C[C@@H](O)[C@H]1C(=O)N2C(C(=O)O)=C(c3ccc(Cl)nc3)C[C@H]12. The number of aliphatic hydroxyl groups excluding tert-OH is 1. The third-order valence-corrected chi connectivity index (χ3v) is 4.23. The number of carbonyl (C=O) groups is 2. The Morgan fingerprint density at radius 3 is 2.76 bits per heavy atom. The Bertz CT molecular complexity index is 653. The molecule has 21 heavy (non-hydrogen) atoms. The summed E-state index contributed by atoms with van der Waals surface area (Å²) in [6.45, 7) is 1.54. The number of aromatic nitrogens is 1. The standard InChI is InChI=1S/C14H13ClN2O4/c1-6(18)11-9-4-8(7-2-3-10(15)16-5-7)12(14(20)21)17(9)13(11)19/h2-3,5-6,9,11,18H,4H2,1H3,(H,20,21)/t6-,9-,11-/m1/s1. The smallest absolute Gasteiger partial charge is 0.352 e. The lowest BCUT2D eigenvalue weighted by Gasteiger charge is -2.44. The maximum atomic E-state index is 12.1. The molecule has 2 aliphatic heterocycles. The average molecular weight is 309 g/mol.